The molecule has 2 aromatic carbocycles. The SMILES string of the molecule is CC(O)c1ncccc1Cc1conc1-c1ccc(C#Cc2ccc(CN3CCOCC3)cc2)cc1. The molecule has 6 nitrogen and oxygen atoms in total. The maximum Gasteiger partial charge on any atom is 0.127 e. The second kappa shape index (κ2) is 11.3. The molecule has 0 saturated carbocycles. The second-order valence-electron chi connectivity index (χ2n) is 9.00. The summed E-state index contributed by atoms with van der Waals surface area (Å²) in [7, 11) is 0. The van der Waals surface area contributed by atoms with Gasteiger partial charge in [-0.25, -0.2) is 0 Å². The van der Waals surface area contributed by atoms with Crippen molar-refractivity contribution in [3.63, 3.8) is 0 Å². The molecule has 0 aliphatic carbocycles. The van der Waals surface area contributed by atoms with Gasteiger partial charge in [0.1, 0.15) is 12.0 Å². The Morgan fingerprint density at radius 2 is 1.64 bits per heavy atom. The molecule has 3 heterocycles. The molecule has 1 atom stereocenters. The Balaban J connectivity index is 1.25. The van der Waals surface area contributed by atoms with Gasteiger partial charge in [-0.1, -0.05) is 47.3 Å². The first kappa shape index (κ1) is 24.0. The Labute approximate surface area is 211 Å². The van der Waals surface area contributed by atoms with Crippen LogP contribution in [-0.2, 0) is 17.7 Å². The minimum atomic E-state index is -0.636. The van der Waals surface area contributed by atoms with E-state index >= 15 is 0 Å². The van der Waals surface area contributed by atoms with Gasteiger partial charge in [0.2, 0.25) is 0 Å². The van der Waals surface area contributed by atoms with Crippen molar-refractivity contribution < 1.29 is 14.4 Å². The zero-order valence-corrected chi connectivity index (χ0v) is 20.4. The van der Waals surface area contributed by atoms with E-state index in [4.69, 9.17) is 9.26 Å². The zero-order chi connectivity index (χ0) is 24.7. The van der Waals surface area contributed by atoms with E-state index < -0.39 is 6.10 Å². The summed E-state index contributed by atoms with van der Waals surface area (Å²) >= 11 is 0. The highest BCUT2D eigenvalue weighted by molar-refractivity contribution is 5.64. The number of rotatable bonds is 6. The summed E-state index contributed by atoms with van der Waals surface area (Å²) in [5.74, 6) is 6.51. The van der Waals surface area contributed by atoms with E-state index in [9.17, 15) is 5.11 Å². The van der Waals surface area contributed by atoms with Gasteiger partial charge < -0.3 is 14.4 Å². The Hall–Kier alpha value is -3.76. The highest BCUT2D eigenvalue weighted by atomic mass is 16.5. The molecule has 1 aliphatic rings. The van der Waals surface area contributed by atoms with Crippen molar-refractivity contribution in [3.8, 4) is 23.1 Å². The van der Waals surface area contributed by atoms with E-state index in [0.29, 0.717) is 12.1 Å². The van der Waals surface area contributed by atoms with E-state index in [1.54, 1.807) is 19.4 Å². The van der Waals surface area contributed by atoms with E-state index in [1.807, 2.05) is 36.4 Å². The number of aliphatic hydroxyl groups excluding tert-OH is 1. The molecule has 6 heteroatoms. The van der Waals surface area contributed by atoms with E-state index in [1.165, 1.54) is 5.56 Å². The fourth-order valence-corrected chi connectivity index (χ4v) is 4.37. The van der Waals surface area contributed by atoms with Gasteiger partial charge in [-0.2, -0.15) is 0 Å². The smallest absolute Gasteiger partial charge is 0.127 e. The fourth-order valence-electron chi connectivity index (χ4n) is 4.37. The molecular weight excluding hydrogens is 450 g/mol. The molecule has 1 saturated heterocycles. The third kappa shape index (κ3) is 5.89. The van der Waals surface area contributed by atoms with Crippen LogP contribution in [0.1, 0.15) is 46.5 Å². The van der Waals surface area contributed by atoms with Crippen LogP contribution >= 0.6 is 0 Å². The molecule has 0 bridgehead atoms. The van der Waals surface area contributed by atoms with Gasteiger partial charge in [0.25, 0.3) is 0 Å². The highest BCUT2D eigenvalue weighted by Gasteiger charge is 2.15. The summed E-state index contributed by atoms with van der Waals surface area (Å²) in [6.45, 7) is 6.27. The standard InChI is InChI=1S/C30H29N3O3/c1-22(34)29-27(3-2-14-31-29)19-28-21-36-32-30(28)26-12-10-24(11-13-26)5-4-23-6-8-25(9-7-23)20-33-15-17-35-18-16-33/h2-3,6-14,21-22,34H,15-20H2,1H3. The van der Waals surface area contributed by atoms with Gasteiger partial charge in [-0.15, -0.1) is 0 Å². The molecule has 1 fully saturated rings. The van der Waals surface area contributed by atoms with Crippen LogP contribution in [0.3, 0.4) is 0 Å². The number of pyridine rings is 1. The van der Waals surface area contributed by atoms with E-state index in [-0.39, 0.29) is 0 Å². The van der Waals surface area contributed by atoms with E-state index in [0.717, 1.165) is 66.4 Å². The predicted molar refractivity (Wildman–Crippen MR) is 138 cm³/mol. The monoisotopic (exact) mass is 479 g/mol. The number of morpholine rings is 1. The third-order valence-corrected chi connectivity index (χ3v) is 6.32. The molecular formula is C30H29N3O3. The summed E-state index contributed by atoms with van der Waals surface area (Å²) in [4.78, 5) is 6.74. The zero-order valence-electron chi connectivity index (χ0n) is 20.4. The normalized spacial score (nSPS) is 14.7. The van der Waals surface area contributed by atoms with Crippen LogP contribution < -0.4 is 0 Å². The summed E-state index contributed by atoms with van der Waals surface area (Å²) in [6, 6.07) is 20.3. The topological polar surface area (TPSA) is 71.6 Å². The lowest BCUT2D eigenvalue weighted by Gasteiger charge is -2.26. The minimum Gasteiger partial charge on any atom is -0.387 e. The number of aliphatic hydroxyl groups is 1. The summed E-state index contributed by atoms with van der Waals surface area (Å²) in [6.07, 6.45) is 3.30. The molecule has 36 heavy (non-hydrogen) atoms. The number of benzene rings is 2. The Bertz CT molecular complexity index is 1340. The van der Waals surface area contributed by atoms with Crippen LogP contribution in [0, 0.1) is 11.8 Å². The quantitative estimate of drug-likeness (QED) is 0.407. The molecule has 4 aromatic rings. The first-order valence-electron chi connectivity index (χ1n) is 12.2. The lowest BCUT2D eigenvalue weighted by molar-refractivity contribution is 0.0342. The Morgan fingerprint density at radius 3 is 2.33 bits per heavy atom. The van der Waals surface area contributed by atoms with Crippen molar-refractivity contribution in [3.05, 3.63) is 107 Å². The number of ether oxygens (including phenoxy) is 1. The first-order valence-corrected chi connectivity index (χ1v) is 12.2. The van der Waals surface area contributed by atoms with Crippen molar-refractivity contribution in [1.82, 2.24) is 15.0 Å². The van der Waals surface area contributed by atoms with Crippen LogP contribution in [0.4, 0.5) is 0 Å². The van der Waals surface area contributed by atoms with Crippen molar-refractivity contribution in [1.29, 1.82) is 0 Å². The second-order valence-corrected chi connectivity index (χ2v) is 9.00. The Morgan fingerprint density at radius 1 is 0.944 bits per heavy atom. The van der Waals surface area contributed by atoms with Crippen LogP contribution in [0.15, 0.2) is 77.6 Å². The molecule has 0 spiro atoms. The maximum absolute atomic E-state index is 10.0. The Kier molecular flexibility index (Phi) is 7.53. The average molecular weight is 480 g/mol. The molecule has 5 rings (SSSR count). The van der Waals surface area contributed by atoms with Gasteiger partial charge in [0.15, 0.2) is 0 Å². The molecule has 0 amide bonds. The van der Waals surface area contributed by atoms with Crippen molar-refractivity contribution >= 4 is 0 Å². The minimum absolute atomic E-state index is 0.579. The average Bonchev–Trinajstić information content (AvgIpc) is 3.37. The molecule has 0 radical (unpaired) electrons. The van der Waals surface area contributed by atoms with Crippen LogP contribution in [-0.4, -0.2) is 46.5 Å². The van der Waals surface area contributed by atoms with Crippen molar-refractivity contribution in [2.45, 2.75) is 26.0 Å². The molecule has 1 N–H and O–H groups in total. The van der Waals surface area contributed by atoms with E-state index in [2.05, 4.69) is 51.1 Å². The fraction of sp³-hybridized carbons (Fsp3) is 0.267. The lowest BCUT2D eigenvalue weighted by Crippen LogP contribution is -2.35. The van der Waals surface area contributed by atoms with Crippen LogP contribution in [0.25, 0.3) is 11.3 Å². The lowest BCUT2D eigenvalue weighted by atomic mass is 9.99. The van der Waals surface area contributed by atoms with Gasteiger partial charge in [0.05, 0.1) is 25.0 Å². The molecule has 1 unspecified atom stereocenters. The summed E-state index contributed by atoms with van der Waals surface area (Å²) in [5.41, 5.74) is 7.53. The number of hydrogen-bond acceptors (Lipinski definition) is 6. The van der Waals surface area contributed by atoms with Gasteiger partial charge in [-0.05, 0) is 48.4 Å². The number of aromatic nitrogens is 2. The van der Waals surface area contributed by atoms with Crippen molar-refractivity contribution in [2.24, 2.45) is 0 Å². The molecule has 2 aromatic heterocycles. The van der Waals surface area contributed by atoms with Crippen LogP contribution in [0.2, 0.25) is 0 Å². The third-order valence-electron chi connectivity index (χ3n) is 6.32. The molecule has 182 valence electrons. The number of nitrogens with zero attached hydrogens (tertiary/aromatic N) is 3. The van der Waals surface area contributed by atoms with Gasteiger partial charge in [0, 0.05) is 54.5 Å². The first-order chi connectivity index (χ1) is 17.7. The van der Waals surface area contributed by atoms with Gasteiger partial charge >= 0.3 is 0 Å². The predicted octanol–water partition coefficient (Wildman–Crippen LogP) is 4.61. The maximum atomic E-state index is 10.0. The highest BCUT2D eigenvalue weighted by Crippen LogP contribution is 2.26. The summed E-state index contributed by atoms with van der Waals surface area (Å²) in [5, 5.41) is 14.3. The van der Waals surface area contributed by atoms with Crippen molar-refractivity contribution in [2.75, 3.05) is 26.3 Å². The summed E-state index contributed by atoms with van der Waals surface area (Å²) < 4.78 is 10.7. The molecule has 1 aliphatic heterocycles. The van der Waals surface area contributed by atoms with Gasteiger partial charge in [-0.3, -0.25) is 9.88 Å². The number of hydrogen-bond donors (Lipinski definition) is 1. The largest absolute Gasteiger partial charge is 0.387 e. The van der Waals surface area contributed by atoms with Crippen LogP contribution in [0.5, 0.6) is 0 Å².